The molecule has 0 spiro atoms. The van der Waals surface area contributed by atoms with Crippen molar-refractivity contribution >= 4 is 23.0 Å². The van der Waals surface area contributed by atoms with E-state index in [0.717, 1.165) is 18.7 Å². The minimum atomic E-state index is 0.713. The molecule has 0 saturated carbocycles. The van der Waals surface area contributed by atoms with Gasteiger partial charge >= 0.3 is 0 Å². The average Bonchev–Trinajstić information content (AvgIpc) is 2.44. The molecule has 0 radical (unpaired) electrons. The van der Waals surface area contributed by atoms with Crippen LogP contribution in [0.3, 0.4) is 0 Å². The first-order valence-electron chi connectivity index (χ1n) is 7.45. The Morgan fingerprint density at radius 2 is 2.05 bits per heavy atom. The second kappa shape index (κ2) is 7.44. The van der Waals surface area contributed by atoms with E-state index in [1.165, 1.54) is 36.8 Å². The topological polar surface area (TPSA) is 24.1 Å². The monoisotopic (exact) mass is 288 g/mol. The van der Waals surface area contributed by atoms with Crippen LogP contribution in [-0.2, 0) is 0 Å². The van der Waals surface area contributed by atoms with Crippen molar-refractivity contribution in [2.24, 2.45) is 0 Å². The van der Waals surface area contributed by atoms with E-state index >= 15 is 0 Å². The zero-order valence-electron chi connectivity index (χ0n) is 12.5. The predicted molar refractivity (Wildman–Crippen MR) is 91.3 cm³/mol. The van der Waals surface area contributed by atoms with Crippen molar-refractivity contribution in [3.8, 4) is 0 Å². The lowest BCUT2D eigenvalue weighted by molar-refractivity contribution is 0.669. The fourth-order valence-corrected chi connectivity index (χ4v) is 2.68. The number of aryl methyl sites for hydroxylation is 2. The van der Waals surface area contributed by atoms with E-state index in [2.05, 4.69) is 48.8 Å². The molecule has 0 saturated heterocycles. The van der Waals surface area contributed by atoms with E-state index in [-0.39, 0.29) is 0 Å². The molecule has 2 rings (SSSR count). The number of hydrogen-bond acceptors (Lipinski definition) is 1. The normalized spacial score (nSPS) is 14.6. The summed E-state index contributed by atoms with van der Waals surface area (Å²) < 4.78 is 0. The van der Waals surface area contributed by atoms with Gasteiger partial charge in [0.05, 0.1) is 0 Å². The highest BCUT2D eigenvalue weighted by Crippen LogP contribution is 2.19. The number of rotatable bonds is 4. The van der Waals surface area contributed by atoms with Crippen LogP contribution >= 0.6 is 12.2 Å². The third-order valence-electron chi connectivity index (χ3n) is 3.88. The molecule has 0 aliphatic heterocycles. The Bertz CT molecular complexity index is 506. The summed E-state index contributed by atoms with van der Waals surface area (Å²) in [6, 6.07) is 6.32. The van der Waals surface area contributed by atoms with Crippen LogP contribution in [0.4, 0.5) is 5.69 Å². The zero-order valence-corrected chi connectivity index (χ0v) is 13.3. The van der Waals surface area contributed by atoms with Crippen LogP contribution in [0, 0.1) is 13.8 Å². The molecular weight excluding hydrogens is 264 g/mol. The lowest BCUT2D eigenvalue weighted by Gasteiger charge is -2.15. The van der Waals surface area contributed by atoms with Gasteiger partial charge in [0.25, 0.3) is 0 Å². The molecule has 108 valence electrons. The van der Waals surface area contributed by atoms with E-state index < -0.39 is 0 Å². The molecule has 2 N–H and O–H groups in total. The van der Waals surface area contributed by atoms with Crippen LogP contribution in [0.2, 0.25) is 0 Å². The van der Waals surface area contributed by atoms with Gasteiger partial charge in [-0.3, -0.25) is 0 Å². The summed E-state index contributed by atoms with van der Waals surface area (Å²) in [5, 5.41) is 7.25. The SMILES string of the molecule is Cc1ccc(NC(=S)NCCC2=CCCCC2)cc1C. The molecule has 0 heterocycles. The molecule has 1 aliphatic carbocycles. The molecular formula is C17H24N2S. The smallest absolute Gasteiger partial charge is 0.170 e. The third kappa shape index (κ3) is 4.64. The molecule has 0 aromatic heterocycles. The first-order valence-corrected chi connectivity index (χ1v) is 7.86. The molecule has 0 amide bonds. The molecule has 1 aliphatic rings. The van der Waals surface area contributed by atoms with Crippen LogP contribution in [0.1, 0.15) is 43.2 Å². The average molecular weight is 288 g/mol. The Balaban J connectivity index is 1.74. The lowest BCUT2D eigenvalue weighted by Crippen LogP contribution is -2.29. The molecule has 1 aromatic rings. The molecule has 20 heavy (non-hydrogen) atoms. The van der Waals surface area contributed by atoms with Crippen LogP contribution in [0.25, 0.3) is 0 Å². The second-order valence-electron chi connectivity index (χ2n) is 5.54. The number of benzene rings is 1. The maximum absolute atomic E-state index is 5.34. The van der Waals surface area contributed by atoms with E-state index in [1.807, 2.05) is 0 Å². The molecule has 0 atom stereocenters. The van der Waals surface area contributed by atoms with Gasteiger partial charge in [0.2, 0.25) is 0 Å². The summed E-state index contributed by atoms with van der Waals surface area (Å²) in [7, 11) is 0. The van der Waals surface area contributed by atoms with Crippen molar-refractivity contribution in [1.29, 1.82) is 0 Å². The van der Waals surface area contributed by atoms with Crippen LogP contribution in [-0.4, -0.2) is 11.7 Å². The number of anilines is 1. The predicted octanol–water partition coefficient (Wildman–Crippen LogP) is 4.48. The van der Waals surface area contributed by atoms with Gasteiger partial charge in [-0.15, -0.1) is 0 Å². The fraction of sp³-hybridized carbons (Fsp3) is 0.471. The van der Waals surface area contributed by atoms with Crippen molar-refractivity contribution in [1.82, 2.24) is 5.32 Å². The van der Waals surface area contributed by atoms with Gasteiger partial charge in [-0.25, -0.2) is 0 Å². The summed E-state index contributed by atoms with van der Waals surface area (Å²) in [6.07, 6.45) is 8.71. The van der Waals surface area contributed by atoms with Gasteiger partial charge in [0.1, 0.15) is 0 Å². The van der Waals surface area contributed by atoms with Gasteiger partial charge in [0, 0.05) is 12.2 Å². The number of allylic oxidation sites excluding steroid dienone is 1. The number of nitrogens with one attached hydrogen (secondary N) is 2. The van der Waals surface area contributed by atoms with Crippen molar-refractivity contribution in [3.63, 3.8) is 0 Å². The molecule has 3 heteroatoms. The Labute approximate surface area is 127 Å². The molecule has 0 unspecified atom stereocenters. The first kappa shape index (κ1) is 15.0. The minimum absolute atomic E-state index is 0.713. The van der Waals surface area contributed by atoms with E-state index in [0.29, 0.717) is 5.11 Å². The van der Waals surface area contributed by atoms with Crippen molar-refractivity contribution in [2.75, 3.05) is 11.9 Å². The highest BCUT2D eigenvalue weighted by Gasteiger charge is 2.04. The highest BCUT2D eigenvalue weighted by atomic mass is 32.1. The minimum Gasteiger partial charge on any atom is -0.362 e. The van der Waals surface area contributed by atoms with Gasteiger partial charge in [-0.1, -0.05) is 17.7 Å². The molecule has 0 fully saturated rings. The third-order valence-corrected chi connectivity index (χ3v) is 4.13. The van der Waals surface area contributed by atoms with Gasteiger partial charge in [-0.2, -0.15) is 0 Å². The van der Waals surface area contributed by atoms with Gasteiger partial charge < -0.3 is 10.6 Å². The Hall–Kier alpha value is -1.35. The standard InChI is InChI=1S/C17H24N2S/c1-13-8-9-16(12-14(13)2)19-17(20)18-11-10-15-6-4-3-5-7-15/h6,8-9,12H,3-5,7,10-11H2,1-2H3,(H2,18,19,20). The van der Waals surface area contributed by atoms with Gasteiger partial charge in [-0.05, 0) is 81.4 Å². The number of thiocarbonyl (C=S) groups is 1. The maximum atomic E-state index is 5.34. The second-order valence-corrected chi connectivity index (χ2v) is 5.95. The largest absolute Gasteiger partial charge is 0.362 e. The van der Waals surface area contributed by atoms with Crippen LogP contribution in [0.15, 0.2) is 29.8 Å². The summed E-state index contributed by atoms with van der Waals surface area (Å²) in [6.45, 7) is 5.16. The summed E-state index contributed by atoms with van der Waals surface area (Å²) in [5.74, 6) is 0. The van der Waals surface area contributed by atoms with E-state index in [9.17, 15) is 0 Å². The van der Waals surface area contributed by atoms with Crippen molar-refractivity contribution in [2.45, 2.75) is 46.0 Å². The maximum Gasteiger partial charge on any atom is 0.170 e. The first-order chi connectivity index (χ1) is 9.65. The molecule has 1 aromatic carbocycles. The zero-order chi connectivity index (χ0) is 14.4. The molecule has 0 bridgehead atoms. The Morgan fingerprint density at radius 1 is 1.20 bits per heavy atom. The van der Waals surface area contributed by atoms with E-state index in [4.69, 9.17) is 12.2 Å². The number of hydrogen-bond donors (Lipinski definition) is 2. The summed E-state index contributed by atoms with van der Waals surface area (Å²) in [4.78, 5) is 0. The van der Waals surface area contributed by atoms with Crippen LogP contribution in [0.5, 0.6) is 0 Å². The van der Waals surface area contributed by atoms with Gasteiger partial charge in [0.15, 0.2) is 5.11 Å². The summed E-state index contributed by atoms with van der Waals surface area (Å²) in [5.41, 5.74) is 5.23. The van der Waals surface area contributed by atoms with Crippen LogP contribution < -0.4 is 10.6 Å². The lowest BCUT2D eigenvalue weighted by atomic mass is 9.97. The van der Waals surface area contributed by atoms with Crippen molar-refractivity contribution < 1.29 is 0 Å². The van der Waals surface area contributed by atoms with Crippen molar-refractivity contribution in [3.05, 3.63) is 41.0 Å². The Kier molecular flexibility index (Phi) is 5.60. The highest BCUT2D eigenvalue weighted by molar-refractivity contribution is 7.80. The summed E-state index contributed by atoms with van der Waals surface area (Å²) >= 11 is 5.34. The quantitative estimate of drug-likeness (QED) is 0.631. The van der Waals surface area contributed by atoms with E-state index in [1.54, 1.807) is 5.57 Å². The molecule has 2 nitrogen and oxygen atoms in total. The Morgan fingerprint density at radius 3 is 2.75 bits per heavy atom. The fourth-order valence-electron chi connectivity index (χ4n) is 2.46.